The van der Waals surface area contributed by atoms with E-state index in [-0.39, 0.29) is 11.2 Å². The molecule has 2 rings (SSSR count). The van der Waals surface area contributed by atoms with E-state index in [1.54, 1.807) is 30.2 Å². The minimum absolute atomic E-state index is 0.0750. The second kappa shape index (κ2) is 8.10. The van der Waals surface area contributed by atoms with Gasteiger partial charge in [0.25, 0.3) is 0 Å². The summed E-state index contributed by atoms with van der Waals surface area (Å²) in [5, 5.41) is 7.04. The normalized spacial score (nSPS) is 11.9. The van der Waals surface area contributed by atoms with Gasteiger partial charge in [0.05, 0.1) is 12.4 Å². The van der Waals surface area contributed by atoms with Gasteiger partial charge in [0.1, 0.15) is 5.75 Å². The van der Waals surface area contributed by atoms with Crippen molar-refractivity contribution in [3.8, 4) is 5.75 Å². The van der Waals surface area contributed by atoms with Crippen LogP contribution >= 0.6 is 23.1 Å². The van der Waals surface area contributed by atoms with Gasteiger partial charge in [-0.1, -0.05) is 0 Å². The van der Waals surface area contributed by atoms with Crippen LogP contribution < -0.4 is 10.1 Å². The molecule has 0 saturated heterocycles. The fourth-order valence-corrected chi connectivity index (χ4v) is 3.42. The van der Waals surface area contributed by atoms with E-state index in [2.05, 4.69) is 22.1 Å². The highest BCUT2D eigenvalue weighted by Gasteiger charge is 2.13. The van der Waals surface area contributed by atoms with E-state index < -0.39 is 0 Å². The second-order valence-corrected chi connectivity index (χ2v) is 6.80. The molecule has 0 bridgehead atoms. The average Bonchev–Trinajstić information content (AvgIpc) is 3.01. The quantitative estimate of drug-likeness (QED) is 0.792. The summed E-state index contributed by atoms with van der Waals surface area (Å²) >= 11 is 3.24. The number of carbonyl (C=O) groups excluding carboxylic acids is 1. The van der Waals surface area contributed by atoms with E-state index in [4.69, 9.17) is 4.74 Å². The number of hydrogen-bond donors (Lipinski definition) is 1. The topological polar surface area (TPSA) is 38.3 Å². The number of nitrogens with one attached hydrogen (secondary N) is 1. The van der Waals surface area contributed by atoms with Crippen molar-refractivity contribution < 1.29 is 9.53 Å². The molecule has 0 unspecified atom stereocenters. The molecule has 1 amide bonds. The zero-order valence-corrected chi connectivity index (χ0v) is 13.8. The molecule has 1 aromatic heterocycles. The molecule has 0 fully saturated rings. The lowest BCUT2D eigenvalue weighted by atomic mass is 10.2. The third-order valence-corrected chi connectivity index (χ3v) is 4.88. The maximum Gasteiger partial charge on any atom is 0.233 e. The Hall–Kier alpha value is -1.46. The first-order valence-corrected chi connectivity index (χ1v) is 8.61. The number of ether oxygens (including phenoxy) is 1. The number of thiophene rings is 1. The van der Waals surface area contributed by atoms with Crippen LogP contribution in [0.25, 0.3) is 0 Å². The van der Waals surface area contributed by atoms with Crippen molar-refractivity contribution in [1.82, 2.24) is 5.32 Å². The summed E-state index contributed by atoms with van der Waals surface area (Å²) in [5.74, 6) is 0.901. The molecular formula is C16H19NO2S2. The minimum Gasteiger partial charge on any atom is -0.497 e. The van der Waals surface area contributed by atoms with Crippen molar-refractivity contribution in [2.45, 2.75) is 23.5 Å². The van der Waals surface area contributed by atoms with E-state index in [0.717, 1.165) is 17.1 Å². The number of amides is 1. The number of carbonyl (C=O) groups is 1. The van der Waals surface area contributed by atoms with Crippen LogP contribution in [0, 0.1) is 0 Å². The van der Waals surface area contributed by atoms with Gasteiger partial charge in [0, 0.05) is 11.4 Å². The van der Waals surface area contributed by atoms with Gasteiger partial charge >= 0.3 is 0 Å². The Balaban J connectivity index is 1.76. The Labute approximate surface area is 133 Å². The number of rotatable bonds is 7. The highest BCUT2D eigenvalue weighted by Crippen LogP contribution is 2.25. The van der Waals surface area contributed by atoms with Gasteiger partial charge in [-0.15, -0.1) is 11.8 Å². The standard InChI is InChI=1S/C16H19NO2S2/c1-12(21-15-5-3-14(19-2)4-6-15)16(18)17-9-7-13-8-10-20-11-13/h3-6,8,10-12H,7,9H2,1-2H3,(H,17,18)/t12-/m0/s1. The van der Waals surface area contributed by atoms with Crippen LogP contribution in [0.15, 0.2) is 46.0 Å². The maximum atomic E-state index is 12.0. The molecule has 0 aliphatic carbocycles. The molecule has 1 heterocycles. The van der Waals surface area contributed by atoms with Crippen LogP contribution in [0.2, 0.25) is 0 Å². The molecule has 1 atom stereocenters. The molecule has 0 radical (unpaired) electrons. The third-order valence-electron chi connectivity index (χ3n) is 3.03. The molecule has 112 valence electrons. The van der Waals surface area contributed by atoms with Crippen molar-refractivity contribution in [1.29, 1.82) is 0 Å². The Morgan fingerprint density at radius 2 is 2.10 bits per heavy atom. The molecule has 21 heavy (non-hydrogen) atoms. The van der Waals surface area contributed by atoms with Crippen molar-refractivity contribution in [3.05, 3.63) is 46.7 Å². The van der Waals surface area contributed by atoms with Gasteiger partial charge in [-0.2, -0.15) is 11.3 Å². The molecule has 5 heteroatoms. The van der Waals surface area contributed by atoms with E-state index >= 15 is 0 Å². The summed E-state index contributed by atoms with van der Waals surface area (Å²) in [4.78, 5) is 13.1. The maximum absolute atomic E-state index is 12.0. The lowest BCUT2D eigenvalue weighted by molar-refractivity contribution is -0.120. The molecule has 1 aromatic carbocycles. The predicted molar refractivity (Wildman–Crippen MR) is 89.3 cm³/mol. The number of benzene rings is 1. The molecule has 0 spiro atoms. The number of thioether (sulfide) groups is 1. The second-order valence-electron chi connectivity index (χ2n) is 4.61. The lowest BCUT2D eigenvalue weighted by Crippen LogP contribution is -2.32. The van der Waals surface area contributed by atoms with Gasteiger partial charge in [-0.25, -0.2) is 0 Å². The Morgan fingerprint density at radius 1 is 1.33 bits per heavy atom. The van der Waals surface area contributed by atoms with E-state index in [1.807, 2.05) is 31.2 Å². The Kier molecular flexibility index (Phi) is 6.14. The van der Waals surface area contributed by atoms with E-state index in [0.29, 0.717) is 6.54 Å². The van der Waals surface area contributed by atoms with Crippen LogP contribution in [-0.4, -0.2) is 24.8 Å². The predicted octanol–water partition coefficient (Wildman–Crippen LogP) is 3.60. The van der Waals surface area contributed by atoms with E-state index in [9.17, 15) is 4.79 Å². The SMILES string of the molecule is COc1ccc(S[C@@H](C)C(=O)NCCc2ccsc2)cc1. The summed E-state index contributed by atoms with van der Waals surface area (Å²) in [6, 6.07) is 9.84. The zero-order chi connectivity index (χ0) is 15.1. The first-order chi connectivity index (χ1) is 10.2. The molecule has 0 aliphatic rings. The molecule has 1 N–H and O–H groups in total. The van der Waals surface area contributed by atoms with Crippen LogP contribution in [0.5, 0.6) is 5.75 Å². The zero-order valence-electron chi connectivity index (χ0n) is 12.2. The van der Waals surface area contributed by atoms with Crippen LogP contribution in [-0.2, 0) is 11.2 Å². The van der Waals surface area contributed by atoms with Gasteiger partial charge in [0.15, 0.2) is 0 Å². The summed E-state index contributed by atoms with van der Waals surface area (Å²) in [6.45, 7) is 2.61. The monoisotopic (exact) mass is 321 g/mol. The highest BCUT2D eigenvalue weighted by molar-refractivity contribution is 8.00. The molecule has 0 aliphatic heterocycles. The van der Waals surface area contributed by atoms with Crippen LogP contribution in [0.3, 0.4) is 0 Å². The summed E-state index contributed by atoms with van der Waals surface area (Å²) < 4.78 is 5.12. The first-order valence-electron chi connectivity index (χ1n) is 6.78. The summed E-state index contributed by atoms with van der Waals surface area (Å²) in [5.41, 5.74) is 1.27. The summed E-state index contributed by atoms with van der Waals surface area (Å²) in [7, 11) is 1.64. The van der Waals surface area contributed by atoms with Crippen molar-refractivity contribution in [2.24, 2.45) is 0 Å². The number of methoxy groups -OCH3 is 1. The van der Waals surface area contributed by atoms with Crippen molar-refractivity contribution in [2.75, 3.05) is 13.7 Å². The molecular weight excluding hydrogens is 302 g/mol. The Morgan fingerprint density at radius 3 is 2.71 bits per heavy atom. The Bertz CT molecular complexity index is 552. The van der Waals surface area contributed by atoms with Crippen LogP contribution in [0.4, 0.5) is 0 Å². The third kappa shape index (κ3) is 5.10. The fourth-order valence-electron chi connectivity index (χ4n) is 1.82. The van der Waals surface area contributed by atoms with Gasteiger partial charge in [-0.05, 0) is 60.0 Å². The largest absolute Gasteiger partial charge is 0.497 e. The van der Waals surface area contributed by atoms with Crippen LogP contribution in [0.1, 0.15) is 12.5 Å². The van der Waals surface area contributed by atoms with Gasteiger partial charge < -0.3 is 10.1 Å². The molecule has 2 aromatic rings. The molecule has 3 nitrogen and oxygen atoms in total. The first kappa shape index (κ1) is 15.9. The molecule has 0 saturated carbocycles. The summed E-state index contributed by atoms with van der Waals surface area (Å²) in [6.07, 6.45) is 0.884. The highest BCUT2D eigenvalue weighted by atomic mass is 32.2. The minimum atomic E-state index is -0.110. The van der Waals surface area contributed by atoms with E-state index in [1.165, 1.54) is 5.56 Å². The van der Waals surface area contributed by atoms with Gasteiger partial charge in [-0.3, -0.25) is 4.79 Å². The van der Waals surface area contributed by atoms with Crippen molar-refractivity contribution in [3.63, 3.8) is 0 Å². The number of hydrogen-bond acceptors (Lipinski definition) is 4. The lowest BCUT2D eigenvalue weighted by Gasteiger charge is -2.12. The van der Waals surface area contributed by atoms with Crippen molar-refractivity contribution >= 4 is 29.0 Å². The average molecular weight is 321 g/mol. The van der Waals surface area contributed by atoms with Gasteiger partial charge in [0.2, 0.25) is 5.91 Å². The fraction of sp³-hybridized carbons (Fsp3) is 0.312. The smallest absolute Gasteiger partial charge is 0.233 e.